The third-order valence-electron chi connectivity index (χ3n) is 3.24. The highest BCUT2D eigenvalue weighted by Gasteiger charge is 2.14. The molecule has 5 heteroatoms. The molecule has 0 saturated heterocycles. The van der Waals surface area contributed by atoms with Crippen LogP contribution in [0, 0.1) is 12.7 Å². The molecule has 0 saturated carbocycles. The molecular formula is C16H20ClFN2S. The molecule has 0 aliphatic rings. The van der Waals surface area contributed by atoms with Gasteiger partial charge in [0.25, 0.3) is 0 Å². The van der Waals surface area contributed by atoms with Gasteiger partial charge in [0.05, 0.1) is 5.01 Å². The molecule has 0 bridgehead atoms. The Morgan fingerprint density at radius 3 is 2.86 bits per heavy atom. The summed E-state index contributed by atoms with van der Waals surface area (Å²) in [5, 5.41) is 7.29. The molecule has 0 fully saturated rings. The Morgan fingerprint density at radius 1 is 1.38 bits per heavy atom. The van der Waals surface area contributed by atoms with Gasteiger partial charge in [-0.3, -0.25) is 0 Å². The van der Waals surface area contributed by atoms with Crippen LogP contribution in [-0.4, -0.2) is 17.6 Å². The number of aryl methyl sites for hydroxylation is 1. The minimum atomic E-state index is -0.242. The molecule has 2 rings (SSSR count). The van der Waals surface area contributed by atoms with Crippen LogP contribution in [0.4, 0.5) is 4.39 Å². The first-order chi connectivity index (χ1) is 10.1. The van der Waals surface area contributed by atoms with Crippen molar-refractivity contribution in [1.29, 1.82) is 0 Å². The van der Waals surface area contributed by atoms with E-state index in [1.807, 2.05) is 6.92 Å². The van der Waals surface area contributed by atoms with Gasteiger partial charge in [-0.2, -0.15) is 0 Å². The van der Waals surface area contributed by atoms with E-state index in [4.69, 9.17) is 11.6 Å². The molecule has 0 amide bonds. The number of nitrogens with one attached hydrogen (secondary N) is 1. The van der Waals surface area contributed by atoms with E-state index in [0.29, 0.717) is 11.4 Å². The largest absolute Gasteiger partial charge is 0.313 e. The number of hydrogen-bond donors (Lipinski definition) is 1. The Bertz CT molecular complexity index is 585. The minimum absolute atomic E-state index is 0.217. The molecule has 0 aliphatic heterocycles. The van der Waals surface area contributed by atoms with Gasteiger partial charge in [-0.25, -0.2) is 9.37 Å². The smallest absolute Gasteiger partial charge is 0.123 e. The van der Waals surface area contributed by atoms with E-state index >= 15 is 0 Å². The second kappa shape index (κ2) is 7.87. The van der Waals surface area contributed by atoms with E-state index in [-0.39, 0.29) is 11.9 Å². The van der Waals surface area contributed by atoms with Crippen molar-refractivity contribution in [2.75, 3.05) is 6.54 Å². The molecule has 2 aromatic rings. The van der Waals surface area contributed by atoms with E-state index in [9.17, 15) is 4.39 Å². The van der Waals surface area contributed by atoms with Crippen LogP contribution in [0.3, 0.4) is 0 Å². The summed E-state index contributed by atoms with van der Waals surface area (Å²) in [6.45, 7) is 5.06. The molecule has 21 heavy (non-hydrogen) atoms. The fourth-order valence-corrected chi connectivity index (χ4v) is 3.29. The van der Waals surface area contributed by atoms with E-state index in [0.717, 1.165) is 35.7 Å². The Balaban J connectivity index is 2.09. The predicted octanol–water partition coefficient (Wildman–Crippen LogP) is 4.40. The molecule has 0 radical (unpaired) electrons. The first-order valence-corrected chi connectivity index (χ1v) is 8.42. The predicted molar refractivity (Wildman–Crippen MR) is 87.8 cm³/mol. The van der Waals surface area contributed by atoms with Crippen LogP contribution in [0.5, 0.6) is 0 Å². The van der Waals surface area contributed by atoms with Gasteiger partial charge in [-0.05, 0) is 50.1 Å². The Kier molecular flexibility index (Phi) is 6.15. The van der Waals surface area contributed by atoms with Gasteiger partial charge in [0.15, 0.2) is 0 Å². The Morgan fingerprint density at radius 2 is 2.19 bits per heavy atom. The van der Waals surface area contributed by atoms with Crippen molar-refractivity contribution < 1.29 is 4.39 Å². The SMILES string of the molecule is CCCNC(Cc1nc(C)cs1)Cc1cc(F)ccc1Cl. The fourth-order valence-electron chi connectivity index (χ4n) is 2.24. The highest BCUT2D eigenvalue weighted by atomic mass is 35.5. The molecule has 1 aromatic carbocycles. The molecule has 1 N–H and O–H groups in total. The second-order valence-electron chi connectivity index (χ2n) is 5.18. The number of halogens is 2. The van der Waals surface area contributed by atoms with Crippen LogP contribution in [0.2, 0.25) is 5.02 Å². The number of aromatic nitrogens is 1. The molecule has 0 aliphatic carbocycles. The van der Waals surface area contributed by atoms with Gasteiger partial charge in [-0.1, -0.05) is 18.5 Å². The first kappa shape index (κ1) is 16.4. The highest BCUT2D eigenvalue weighted by Crippen LogP contribution is 2.20. The molecule has 1 aromatic heterocycles. The van der Waals surface area contributed by atoms with Crippen LogP contribution in [0.1, 0.15) is 29.6 Å². The molecule has 1 unspecified atom stereocenters. The quantitative estimate of drug-likeness (QED) is 0.816. The van der Waals surface area contributed by atoms with E-state index < -0.39 is 0 Å². The summed E-state index contributed by atoms with van der Waals surface area (Å²) in [5.41, 5.74) is 1.89. The lowest BCUT2D eigenvalue weighted by atomic mass is 10.0. The van der Waals surface area contributed by atoms with Crippen molar-refractivity contribution in [2.45, 2.75) is 39.2 Å². The van der Waals surface area contributed by atoms with Crippen LogP contribution < -0.4 is 5.32 Å². The average Bonchev–Trinajstić information content (AvgIpc) is 2.85. The number of benzene rings is 1. The summed E-state index contributed by atoms with van der Waals surface area (Å²) in [4.78, 5) is 4.51. The zero-order valence-corrected chi connectivity index (χ0v) is 13.9. The molecule has 1 atom stereocenters. The first-order valence-electron chi connectivity index (χ1n) is 7.16. The van der Waals surface area contributed by atoms with Gasteiger partial charge in [0.1, 0.15) is 5.82 Å². The van der Waals surface area contributed by atoms with Gasteiger partial charge in [-0.15, -0.1) is 11.3 Å². The summed E-state index contributed by atoms with van der Waals surface area (Å²) in [7, 11) is 0. The number of thiazole rings is 1. The number of nitrogens with zero attached hydrogens (tertiary/aromatic N) is 1. The van der Waals surface area contributed by atoms with Crippen LogP contribution >= 0.6 is 22.9 Å². The van der Waals surface area contributed by atoms with Crippen molar-refractivity contribution >= 4 is 22.9 Å². The van der Waals surface area contributed by atoms with Gasteiger partial charge >= 0.3 is 0 Å². The van der Waals surface area contributed by atoms with Crippen molar-refractivity contribution in [3.05, 3.63) is 50.7 Å². The van der Waals surface area contributed by atoms with Gasteiger partial charge < -0.3 is 5.32 Å². The summed E-state index contributed by atoms with van der Waals surface area (Å²) < 4.78 is 13.4. The molecule has 0 spiro atoms. The van der Waals surface area contributed by atoms with Gasteiger partial charge in [0.2, 0.25) is 0 Å². The Hall–Kier alpha value is -0.970. The lowest BCUT2D eigenvalue weighted by Crippen LogP contribution is -2.34. The normalized spacial score (nSPS) is 12.6. The number of rotatable bonds is 7. The van der Waals surface area contributed by atoms with E-state index in [2.05, 4.69) is 22.6 Å². The third kappa shape index (κ3) is 5.06. The molecule has 1 heterocycles. The van der Waals surface area contributed by atoms with Crippen LogP contribution in [0.15, 0.2) is 23.6 Å². The van der Waals surface area contributed by atoms with Crippen LogP contribution in [0.25, 0.3) is 0 Å². The Labute approximate surface area is 134 Å². The number of hydrogen-bond acceptors (Lipinski definition) is 3. The van der Waals surface area contributed by atoms with Crippen LogP contribution in [-0.2, 0) is 12.8 Å². The summed E-state index contributed by atoms with van der Waals surface area (Å²) in [6.07, 6.45) is 2.60. The zero-order chi connectivity index (χ0) is 15.2. The van der Waals surface area contributed by atoms with Gasteiger partial charge in [0, 0.05) is 28.6 Å². The van der Waals surface area contributed by atoms with Crippen molar-refractivity contribution in [1.82, 2.24) is 10.3 Å². The minimum Gasteiger partial charge on any atom is -0.313 e. The summed E-state index contributed by atoms with van der Waals surface area (Å²) >= 11 is 7.85. The second-order valence-corrected chi connectivity index (χ2v) is 6.53. The highest BCUT2D eigenvalue weighted by molar-refractivity contribution is 7.09. The van der Waals surface area contributed by atoms with Crippen molar-refractivity contribution in [2.24, 2.45) is 0 Å². The monoisotopic (exact) mass is 326 g/mol. The van der Waals surface area contributed by atoms with E-state index in [1.54, 1.807) is 17.4 Å². The van der Waals surface area contributed by atoms with Crippen molar-refractivity contribution in [3.63, 3.8) is 0 Å². The maximum Gasteiger partial charge on any atom is 0.123 e. The fraction of sp³-hybridized carbons (Fsp3) is 0.438. The maximum atomic E-state index is 13.4. The average molecular weight is 327 g/mol. The molecular weight excluding hydrogens is 307 g/mol. The summed E-state index contributed by atoms with van der Waals surface area (Å²) in [6, 6.07) is 4.76. The topological polar surface area (TPSA) is 24.9 Å². The third-order valence-corrected chi connectivity index (χ3v) is 4.60. The molecule has 114 valence electrons. The molecule has 2 nitrogen and oxygen atoms in total. The van der Waals surface area contributed by atoms with E-state index in [1.165, 1.54) is 12.1 Å². The van der Waals surface area contributed by atoms with Crippen molar-refractivity contribution in [3.8, 4) is 0 Å². The standard InChI is InChI=1S/C16H20ClFN2S/c1-3-6-19-14(9-16-20-11(2)10-21-16)8-12-7-13(18)4-5-15(12)17/h4-5,7,10,14,19H,3,6,8-9H2,1-2H3. The maximum absolute atomic E-state index is 13.4. The lowest BCUT2D eigenvalue weighted by Gasteiger charge is -2.18. The summed E-state index contributed by atoms with van der Waals surface area (Å²) in [5.74, 6) is -0.242. The zero-order valence-electron chi connectivity index (χ0n) is 12.3. The lowest BCUT2D eigenvalue weighted by molar-refractivity contribution is 0.502.